The Morgan fingerprint density at radius 3 is 1.90 bits per heavy atom. The van der Waals surface area contributed by atoms with Crippen LogP contribution in [0.15, 0.2) is 72.8 Å². The summed E-state index contributed by atoms with van der Waals surface area (Å²) in [6, 6.07) is 21.8. The zero-order valence-electron chi connectivity index (χ0n) is 29.3. The van der Waals surface area contributed by atoms with Gasteiger partial charge in [-0.3, -0.25) is 14.5 Å². The van der Waals surface area contributed by atoms with Crippen LogP contribution in [0.2, 0.25) is 0 Å². The number of nitrogens with zero attached hydrogens (tertiary/aromatic N) is 1. The fourth-order valence-corrected chi connectivity index (χ4v) is 5.83. The lowest BCUT2D eigenvalue weighted by Gasteiger charge is -2.38. The first-order valence-corrected chi connectivity index (χ1v) is 17.6. The standard InChI is InChI=1S/C39H50N2O10/c1-29(43)32-4-3-7-35(25-32)40-38(44)33-5-2-6-34(24-33)39-50-36(26-37(51-39)31-10-8-30(28-42)9-11-31)27-41-12-14-45-16-18-47-20-22-49-23-21-48-19-17-46-15-13-41/h2-11,24-25,36-37,39,42H,12-23,26-28H2,1H3,(H,40,44)/t36-,37+,39?/m0/s1. The molecule has 2 fully saturated rings. The van der Waals surface area contributed by atoms with Gasteiger partial charge in [-0.25, -0.2) is 0 Å². The van der Waals surface area contributed by atoms with Crippen molar-refractivity contribution in [2.75, 3.05) is 91.0 Å². The highest BCUT2D eigenvalue weighted by atomic mass is 16.7. The second-order valence-corrected chi connectivity index (χ2v) is 12.4. The molecule has 12 nitrogen and oxygen atoms in total. The van der Waals surface area contributed by atoms with E-state index in [0.29, 0.717) is 115 Å². The molecule has 0 spiro atoms. The summed E-state index contributed by atoms with van der Waals surface area (Å²) in [5.74, 6) is -0.390. The van der Waals surface area contributed by atoms with Crippen molar-refractivity contribution >= 4 is 17.4 Å². The van der Waals surface area contributed by atoms with E-state index in [1.54, 1.807) is 36.4 Å². The van der Waals surface area contributed by atoms with E-state index in [2.05, 4.69) is 10.2 Å². The Bertz CT molecular complexity index is 1490. The molecule has 2 aliphatic rings. The Morgan fingerprint density at radius 1 is 0.706 bits per heavy atom. The van der Waals surface area contributed by atoms with Crippen LogP contribution in [0.25, 0.3) is 0 Å². The number of rotatable bonds is 8. The van der Waals surface area contributed by atoms with Crippen molar-refractivity contribution in [2.45, 2.75) is 38.4 Å². The molecule has 0 aliphatic carbocycles. The lowest BCUT2D eigenvalue weighted by atomic mass is 9.99. The van der Waals surface area contributed by atoms with Gasteiger partial charge in [-0.2, -0.15) is 0 Å². The quantitative estimate of drug-likeness (QED) is 0.319. The van der Waals surface area contributed by atoms with Gasteiger partial charge in [0.2, 0.25) is 0 Å². The van der Waals surface area contributed by atoms with Gasteiger partial charge in [-0.05, 0) is 42.3 Å². The van der Waals surface area contributed by atoms with E-state index in [-0.39, 0.29) is 30.5 Å². The van der Waals surface area contributed by atoms with Crippen LogP contribution in [0.3, 0.4) is 0 Å². The van der Waals surface area contributed by atoms with Crippen LogP contribution in [0.4, 0.5) is 5.69 Å². The molecule has 3 aromatic rings. The number of amides is 1. The summed E-state index contributed by atoms with van der Waals surface area (Å²) in [5, 5.41) is 12.5. The topological polar surface area (TPSA) is 134 Å². The van der Waals surface area contributed by atoms with E-state index in [9.17, 15) is 14.7 Å². The Labute approximate surface area is 299 Å². The van der Waals surface area contributed by atoms with Crippen LogP contribution < -0.4 is 5.32 Å². The molecule has 1 unspecified atom stereocenters. The molecule has 0 radical (unpaired) electrons. The SMILES string of the molecule is CC(=O)c1cccc(NC(=O)c2cccc(C3O[C@H](CN4CCOCCOCCOCCOCCOCC4)C[C@H](c4ccc(CO)cc4)O3)c2)c1. The molecule has 2 N–H and O–H groups in total. The maximum absolute atomic E-state index is 13.3. The number of hydrogen-bond acceptors (Lipinski definition) is 11. The molecular weight excluding hydrogens is 656 g/mol. The first kappa shape index (κ1) is 38.7. The van der Waals surface area contributed by atoms with Crippen LogP contribution in [-0.4, -0.2) is 114 Å². The van der Waals surface area contributed by atoms with Crippen molar-refractivity contribution in [1.82, 2.24) is 4.90 Å². The minimum Gasteiger partial charge on any atom is -0.392 e. The maximum Gasteiger partial charge on any atom is 0.255 e. The largest absolute Gasteiger partial charge is 0.392 e. The number of ketones is 1. The molecule has 1 amide bonds. The van der Waals surface area contributed by atoms with Crippen LogP contribution >= 0.6 is 0 Å². The number of ether oxygens (including phenoxy) is 7. The number of benzene rings is 3. The van der Waals surface area contributed by atoms with Crippen LogP contribution in [0, 0.1) is 0 Å². The highest BCUT2D eigenvalue weighted by Gasteiger charge is 2.33. The average Bonchev–Trinajstić information content (AvgIpc) is 3.15. The van der Waals surface area contributed by atoms with Crippen LogP contribution in [0.1, 0.15) is 63.1 Å². The van der Waals surface area contributed by atoms with Gasteiger partial charge in [-0.1, -0.05) is 48.5 Å². The maximum atomic E-state index is 13.3. The van der Waals surface area contributed by atoms with Crippen LogP contribution in [0.5, 0.6) is 0 Å². The molecular formula is C39H50N2O10. The van der Waals surface area contributed by atoms with Crippen molar-refractivity contribution in [3.05, 3.63) is 101 Å². The Hall–Kier alpha value is -3.56. The molecule has 12 heteroatoms. The van der Waals surface area contributed by atoms with Crippen molar-refractivity contribution in [1.29, 1.82) is 0 Å². The van der Waals surface area contributed by atoms with E-state index >= 15 is 0 Å². The van der Waals surface area contributed by atoms with Gasteiger partial charge in [-0.15, -0.1) is 0 Å². The zero-order chi connectivity index (χ0) is 35.7. The van der Waals surface area contributed by atoms with Gasteiger partial charge >= 0.3 is 0 Å². The van der Waals surface area contributed by atoms with Crippen molar-refractivity contribution < 1.29 is 47.9 Å². The summed E-state index contributed by atoms with van der Waals surface area (Å²) in [7, 11) is 0. The monoisotopic (exact) mass is 706 g/mol. The molecule has 0 bridgehead atoms. The molecule has 5 rings (SSSR count). The molecule has 0 aromatic heterocycles. The molecule has 2 saturated heterocycles. The van der Waals surface area contributed by atoms with Gasteiger partial charge in [0.25, 0.3) is 5.91 Å². The number of anilines is 1. The molecule has 276 valence electrons. The minimum absolute atomic E-state index is 0.0418. The number of Topliss-reactive ketones (excluding diaryl/α,β-unsaturated/α-hetero) is 1. The number of hydrogen-bond donors (Lipinski definition) is 2. The first-order valence-electron chi connectivity index (χ1n) is 17.6. The summed E-state index contributed by atoms with van der Waals surface area (Å²) < 4.78 is 41.7. The molecule has 3 atom stereocenters. The van der Waals surface area contributed by atoms with Gasteiger partial charge in [0.05, 0.1) is 84.9 Å². The summed E-state index contributed by atoms with van der Waals surface area (Å²) in [6.07, 6.45) is -0.655. The number of carbonyl (C=O) groups excluding carboxylic acids is 2. The molecule has 3 aromatic carbocycles. The van der Waals surface area contributed by atoms with Crippen LogP contribution in [-0.2, 0) is 39.8 Å². The highest BCUT2D eigenvalue weighted by molar-refractivity contribution is 6.05. The second kappa shape index (κ2) is 21.1. The summed E-state index contributed by atoms with van der Waals surface area (Å²) in [6.45, 7) is 8.44. The predicted octanol–water partition coefficient (Wildman–Crippen LogP) is 4.58. The van der Waals surface area contributed by atoms with E-state index in [0.717, 1.165) is 11.1 Å². The van der Waals surface area contributed by atoms with Gasteiger partial charge in [0.1, 0.15) is 0 Å². The smallest absolute Gasteiger partial charge is 0.255 e. The third-order valence-electron chi connectivity index (χ3n) is 8.62. The van der Waals surface area contributed by atoms with Gasteiger partial charge < -0.3 is 43.6 Å². The van der Waals surface area contributed by atoms with Crippen molar-refractivity contribution in [3.63, 3.8) is 0 Å². The van der Waals surface area contributed by atoms with Gasteiger partial charge in [0.15, 0.2) is 12.1 Å². The lowest BCUT2D eigenvalue weighted by molar-refractivity contribution is -0.253. The molecule has 51 heavy (non-hydrogen) atoms. The third kappa shape index (κ3) is 12.9. The number of aliphatic hydroxyl groups is 1. The normalized spacial score (nSPS) is 22.4. The number of carbonyl (C=O) groups is 2. The highest BCUT2D eigenvalue weighted by Crippen LogP contribution is 2.38. The summed E-state index contributed by atoms with van der Waals surface area (Å²) in [5.41, 5.74) is 3.98. The van der Waals surface area contributed by atoms with E-state index in [4.69, 9.17) is 33.2 Å². The Morgan fingerprint density at radius 2 is 1.29 bits per heavy atom. The Kier molecular flexibility index (Phi) is 16.0. The minimum atomic E-state index is -0.744. The fourth-order valence-electron chi connectivity index (χ4n) is 5.83. The molecule has 2 aliphatic heterocycles. The molecule has 0 saturated carbocycles. The number of nitrogens with one attached hydrogen (secondary N) is 1. The molecule has 2 heterocycles. The average molecular weight is 707 g/mol. The summed E-state index contributed by atoms with van der Waals surface area (Å²) >= 11 is 0. The van der Waals surface area contributed by atoms with Crippen molar-refractivity contribution in [2.24, 2.45) is 0 Å². The first-order chi connectivity index (χ1) is 25.0. The number of aliphatic hydroxyl groups excluding tert-OH is 1. The third-order valence-corrected chi connectivity index (χ3v) is 8.62. The second-order valence-electron chi connectivity index (χ2n) is 12.4. The summed E-state index contributed by atoms with van der Waals surface area (Å²) in [4.78, 5) is 27.5. The Balaban J connectivity index is 1.29. The van der Waals surface area contributed by atoms with Crippen molar-refractivity contribution in [3.8, 4) is 0 Å². The predicted molar refractivity (Wildman–Crippen MR) is 190 cm³/mol. The zero-order valence-corrected chi connectivity index (χ0v) is 29.3. The van der Waals surface area contributed by atoms with Gasteiger partial charge in [0, 0.05) is 48.4 Å². The fraction of sp³-hybridized carbons (Fsp3) is 0.487. The lowest BCUT2D eigenvalue weighted by Crippen LogP contribution is -2.42. The van der Waals surface area contributed by atoms with E-state index in [1.165, 1.54) is 6.92 Å². The van der Waals surface area contributed by atoms with E-state index < -0.39 is 6.29 Å². The van der Waals surface area contributed by atoms with E-state index in [1.807, 2.05) is 36.4 Å².